The van der Waals surface area contributed by atoms with Gasteiger partial charge in [-0.25, -0.2) is 4.98 Å². The fourth-order valence-electron chi connectivity index (χ4n) is 2.46. The van der Waals surface area contributed by atoms with Gasteiger partial charge in [0.25, 0.3) is 0 Å². The summed E-state index contributed by atoms with van der Waals surface area (Å²) in [5, 5.41) is 6.98. The Morgan fingerprint density at radius 3 is 2.89 bits per heavy atom. The highest BCUT2D eigenvalue weighted by Crippen LogP contribution is 2.30. The van der Waals surface area contributed by atoms with E-state index in [-0.39, 0.29) is 0 Å². The predicted molar refractivity (Wildman–Crippen MR) is 79.1 cm³/mol. The minimum Gasteiger partial charge on any atom is -0.308 e. The van der Waals surface area contributed by atoms with E-state index in [9.17, 15) is 0 Å². The van der Waals surface area contributed by atoms with Crippen LogP contribution < -0.4 is 5.32 Å². The van der Waals surface area contributed by atoms with Gasteiger partial charge < -0.3 is 5.32 Å². The summed E-state index contributed by atoms with van der Waals surface area (Å²) >= 11 is 3.60. The number of nitrogens with one attached hydrogen (secondary N) is 1. The Morgan fingerprint density at radius 1 is 1.22 bits per heavy atom. The molecule has 0 saturated heterocycles. The number of hydrogen-bond donors (Lipinski definition) is 1. The molecule has 1 aliphatic carbocycles. The predicted octanol–water partition coefficient (Wildman–Crippen LogP) is 4.29. The van der Waals surface area contributed by atoms with Crippen molar-refractivity contribution in [2.45, 2.75) is 44.7 Å². The van der Waals surface area contributed by atoms with E-state index in [1.807, 2.05) is 17.5 Å². The molecule has 4 heteroatoms. The number of aromatic nitrogens is 1. The van der Waals surface area contributed by atoms with Crippen molar-refractivity contribution in [3.05, 3.63) is 28.7 Å². The molecule has 1 saturated carbocycles. The number of thiazole rings is 1. The molecule has 1 aliphatic rings. The molecule has 3 rings (SSSR count). The van der Waals surface area contributed by atoms with Crippen LogP contribution in [0.5, 0.6) is 0 Å². The number of nitrogens with zero attached hydrogens (tertiary/aromatic N) is 1. The lowest BCUT2D eigenvalue weighted by Gasteiger charge is -2.22. The molecule has 18 heavy (non-hydrogen) atoms. The average Bonchev–Trinajstić information content (AvgIpc) is 3.08. The Balaban J connectivity index is 1.57. The normalized spacial score (nSPS) is 17.1. The summed E-state index contributed by atoms with van der Waals surface area (Å²) in [4.78, 5) is 7.15. The maximum absolute atomic E-state index is 4.52. The number of hydrogen-bond acceptors (Lipinski definition) is 4. The Labute approximate surface area is 116 Å². The van der Waals surface area contributed by atoms with E-state index in [1.54, 1.807) is 11.3 Å². The molecule has 2 aromatic heterocycles. The molecule has 0 aliphatic heterocycles. The molecule has 0 amide bonds. The van der Waals surface area contributed by atoms with Crippen LogP contribution in [0.4, 0.5) is 0 Å². The lowest BCUT2D eigenvalue weighted by molar-refractivity contribution is 0.372. The summed E-state index contributed by atoms with van der Waals surface area (Å²) in [6.07, 6.45) is 8.87. The molecule has 0 unspecified atom stereocenters. The van der Waals surface area contributed by atoms with Crippen LogP contribution in [-0.4, -0.2) is 11.0 Å². The van der Waals surface area contributed by atoms with Gasteiger partial charge in [-0.1, -0.05) is 25.3 Å². The first kappa shape index (κ1) is 12.3. The zero-order chi connectivity index (χ0) is 12.2. The van der Waals surface area contributed by atoms with Gasteiger partial charge in [0.1, 0.15) is 5.01 Å². The first-order chi connectivity index (χ1) is 8.92. The van der Waals surface area contributed by atoms with E-state index in [2.05, 4.69) is 27.8 Å². The SMILES string of the molecule is c1csc(-c2cnc(CNC3CCCCC3)s2)c1. The third kappa shape index (κ3) is 2.99. The van der Waals surface area contributed by atoms with E-state index in [0.717, 1.165) is 6.54 Å². The standard InChI is InChI=1S/C14H18N2S2/c1-2-5-11(6-3-1)15-10-14-16-9-13(18-14)12-7-4-8-17-12/h4,7-9,11,15H,1-3,5-6,10H2. The highest BCUT2D eigenvalue weighted by atomic mass is 32.1. The molecular weight excluding hydrogens is 260 g/mol. The smallest absolute Gasteiger partial charge is 0.107 e. The van der Waals surface area contributed by atoms with Crippen molar-refractivity contribution < 1.29 is 0 Å². The summed E-state index contributed by atoms with van der Waals surface area (Å²) in [6.45, 7) is 0.931. The second-order valence-electron chi connectivity index (χ2n) is 4.81. The van der Waals surface area contributed by atoms with Crippen LogP contribution >= 0.6 is 22.7 Å². The minimum atomic E-state index is 0.716. The Hall–Kier alpha value is -0.710. The quantitative estimate of drug-likeness (QED) is 0.902. The van der Waals surface area contributed by atoms with E-state index >= 15 is 0 Å². The van der Waals surface area contributed by atoms with E-state index < -0.39 is 0 Å². The summed E-state index contributed by atoms with van der Waals surface area (Å²) in [5.41, 5.74) is 0. The first-order valence-corrected chi connectivity index (χ1v) is 8.33. The molecule has 2 aromatic rings. The van der Waals surface area contributed by atoms with Gasteiger partial charge in [0, 0.05) is 23.7 Å². The molecule has 0 spiro atoms. The van der Waals surface area contributed by atoms with Crippen LogP contribution in [-0.2, 0) is 6.54 Å². The Morgan fingerprint density at radius 2 is 2.11 bits per heavy atom. The van der Waals surface area contributed by atoms with Gasteiger partial charge in [0.2, 0.25) is 0 Å². The zero-order valence-electron chi connectivity index (χ0n) is 10.4. The highest BCUT2D eigenvalue weighted by Gasteiger charge is 2.13. The first-order valence-electron chi connectivity index (χ1n) is 6.64. The van der Waals surface area contributed by atoms with Crippen LogP contribution in [0, 0.1) is 0 Å². The van der Waals surface area contributed by atoms with Crippen LogP contribution in [0.15, 0.2) is 23.7 Å². The van der Waals surface area contributed by atoms with Crippen molar-refractivity contribution >= 4 is 22.7 Å². The monoisotopic (exact) mass is 278 g/mol. The van der Waals surface area contributed by atoms with Crippen molar-refractivity contribution in [2.24, 2.45) is 0 Å². The maximum Gasteiger partial charge on any atom is 0.107 e. The summed E-state index contributed by atoms with van der Waals surface area (Å²) in [5.74, 6) is 0. The topological polar surface area (TPSA) is 24.9 Å². The number of rotatable bonds is 4. The average molecular weight is 278 g/mol. The van der Waals surface area contributed by atoms with E-state index in [1.165, 1.54) is 46.9 Å². The number of thiophene rings is 1. The van der Waals surface area contributed by atoms with Gasteiger partial charge in [-0.05, 0) is 24.3 Å². The molecule has 1 fully saturated rings. The fraction of sp³-hybridized carbons (Fsp3) is 0.500. The Kier molecular flexibility index (Phi) is 4.08. The molecular formula is C14H18N2S2. The van der Waals surface area contributed by atoms with Gasteiger partial charge in [0.15, 0.2) is 0 Å². The van der Waals surface area contributed by atoms with Crippen molar-refractivity contribution in [1.82, 2.24) is 10.3 Å². The highest BCUT2D eigenvalue weighted by molar-refractivity contribution is 7.21. The molecule has 0 atom stereocenters. The van der Waals surface area contributed by atoms with Gasteiger partial charge in [-0.15, -0.1) is 22.7 Å². The third-order valence-corrected chi connectivity index (χ3v) is 5.53. The van der Waals surface area contributed by atoms with Gasteiger partial charge in [-0.2, -0.15) is 0 Å². The van der Waals surface area contributed by atoms with Crippen molar-refractivity contribution in [3.8, 4) is 9.75 Å². The van der Waals surface area contributed by atoms with Crippen molar-refractivity contribution in [2.75, 3.05) is 0 Å². The molecule has 1 N–H and O–H groups in total. The summed E-state index contributed by atoms with van der Waals surface area (Å²) in [7, 11) is 0. The zero-order valence-corrected chi connectivity index (χ0v) is 12.0. The van der Waals surface area contributed by atoms with Gasteiger partial charge in [0.05, 0.1) is 4.88 Å². The second kappa shape index (κ2) is 5.95. The molecule has 0 bridgehead atoms. The van der Waals surface area contributed by atoms with E-state index in [4.69, 9.17) is 0 Å². The van der Waals surface area contributed by atoms with Crippen molar-refractivity contribution in [1.29, 1.82) is 0 Å². The Bertz CT molecular complexity index is 470. The van der Waals surface area contributed by atoms with Crippen LogP contribution in [0.3, 0.4) is 0 Å². The van der Waals surface area contributed by atoms with E-state index in [0.29, 0.717) is 6.04 Å². The molecule has 0 aromatic carbocycles. The lowest BCUT2D eigenvalue weighted by atomic mass is 9.96. The lowest BCUT2D eigenvalue weighted by Crippen LogP contribution is -2.30. The second-order valence-corrected chi connectivity index (χ2v) is 6.87. The van der Waals surface area contributed by atoms with Crippen LogP contribution in [0.2, 0.25) is 0 Å². The van der Waals surface area contributed by atoms with Gasteiger partial charge in [-0.3, -0.25) is 0 Å². The van der Waals surface area contributed by atoms with Gasteiger partial charge >= 0.3 is 0 Å². The molecule has 96 valence electrons. The largest absolute Gasteiger partial charge is 0.308 e. The minimum absolute atomic E-state index is 0.716. The maximum atomic E-state index is 4.52. The van der Waals surface area contributed by atoms with Crippen LogP contribution in [0.25, 0.3) is 9.75 Å². The molecule has 2 nitrogen and oxygen atoms in total. The summed E-state index contributed by atoms with van der Waals surface area (Å²) < 4.78 is 0. The third-order valence-electron chi connectivity index (χ3n) is 3.46. The molecule has 2 heterocycles. The summed E-state index contributed by atoms with van der Waals surface area (Å²) in [6, 6.07) is 4.98. The van der Waals surface area contributed by atoms with Crippen LogP contribution in [0.1, 0.15) is 37.1 Å². The fourth-order valence-corrected chi connectivity index (χ4v) is 4.15. The van der Waals surface area contributed by atoms with Crippen molar-refractivity contribution in [3.63, 3.8) is 0 Å². The molecule has 0 radical (unpaired) electrons.